The van der Waals surface area contributed by atoms with Crippen LogP contribution in [0.3, 0.4) is 0 Å². The summed E-state index contributed by atoms with van der Waals surface area (Å²) in [4.78, 5) is 38.5. The number of aromatic nitrogens is 2. The van der Waals surface area contributed by atoms with E-state index in [0.717, 1.165) is 50.0 Å². The minimum atomic E-state index is -0.353. The molecule has 0 saturated carbocycles. The molecule has 4 rings (SSSR count). The summed E-state index contributed by atoms with van der Waals surface area (Å²) in [6.45, 7) is 4.04. The van der Waals surface area contributed by atoms with Crippen LogP contribution in [0.4, 0.5) is 0 Å². The van der Waals surface area contributed by atoms with Crippen LogP contribution in [0, 0.1) is 0 Å². The lowest BCUT2D eigenvalue weighted by Gasteiger charge is -2.50. The first-order valence-electron chi connectivity index (χ1n) is 10.3. The number of hydrogen-bond acceptors (Lipinski definition) is 4. The van der Waals surface area contributed by atoms with Crippen LogP contribution in [0.2, 0.25) is 0 Å². The molecule has 0 atom stereocenters. The van der Waals surface area contributed by atoms with Crippen LogP contribution in [0.15, 0.2) is 23.8 Å². The van der Waals surface area contributed by atoms with E-state index in [1.54, 1.807) is 17.7 Å². The molecule has 2 aliphatic heterocycles. The van der Waals surface area contributed by atoms with Crippen LogP contribution in [-0.4, -0.2) is 51.2 Å². The van der Waals surface area contributed by atoms with Crippen molar-refractivity contribution in [3.63, 3.8) is 0 Å². The van der Waals surface area contributed by atoms with Crippen LogP contribution >= 0.6 is 11.3 Å². The summed E-state index contributed by atoms with van der Waals surface area (Å²) in [5.74, 6) is 0.419. The van der Waals surface area contributed by atoms with Crippen molar-refractivity contribution in [1.29, 1.82) is 0 Å². The molecule has 28 heavy (non-hydrogen) atoms. The maximum Gasteiger partial charge on any atom is 0.223 e. The summed E-state index contributed by atoms with van der Waals surface area (Å²) in [6, 6.07) is 4.19. The molecule has 6 nitrogen and oxygen atoms in total. The third-order valence-electron chi connectivity index (χ3n) is 6.20. The van der Waals surface area contributed by atoms with Gasteiger partial charge in [0.15, 0.2) is 0 Å². The largest absolute Gasteiger partial charge is 0.348 e. The molecule has 0 bridgehead atoms. The van der Waals surface area contributed by atoms with E-state index in [0.29, 0.717) is 25.9 Å². The zero-order valence-electron chi connectivity index (χ0n) is 16.4. The predicted molar refractivity (Wildman–Crippen MR) is 109 cm³/mol. The molecule has 2 amide bonds. The molecule has 0 unspecified atom stereocenters. The number of piperidine rings is 1. The van der Waals surface area contributed by atoms with Gasteiger partial charge in [0, 0.05) is 49.5 Å². The van der Waals surface area contributed by atoms with Gasteiger partial charge in [-0.15, -0.1) is 11.3 Å². The molecule has 4 heterocycles. The zero-order chi connectivity index (χ0) is 19.6. The number of thiophene rings is 1. The first kappa shape index (κ1) is 19.2. The van der Waals surface area contributed by atoms with Crippen LogP contribution in [-0.2, 0) is 28.0 Å². The molecule has 2 aromatic heterocycles. The SMILES string of the molecule is CCC(=O)N1CCc2[nH]cnc2C12CCN(C(=O)CCCc1cccs1)CC2. The van der Waals surface area contributed by atoms with Gasteiger partial charge in [0.05, 0.1) is 17.6 Å². The Hall–Kier alpha value is -2.15. The Morgan fingerprint density at radius 2 is 2.07 bits per heavy atom. The second kappa shape index (κ2) is 8.07. The molecule has 0 radical (unpaired) electrons. The minimum Gasteiger partial charge on any atom is -0.348 e. The van der Waals surface area contributed by atoms with Gasteiger partial charge in [0.2, 0.25) is 11.8 Å². The normalized spacial score (nSPS) is 18.3. The minimum absolute atomic E-state index is 0.185. The zero-order valence-corrected chi connectivity index (χ0v) is 17.3. The lowest BCUT2D eigenvalue weighted by Crippen LogP contribution is -2.58. The van der Waals surface area contributed by atoms with Crippen molar-refractivity contribution >= 4 is 23.2 Å². The van der Waals surface area contributed by atoms with Gasteiger partial charge < -0.3 is 14.8 Å². The number of aryl methyl sites for hydroxylation is 1. The number of amides is 2. The smallest absolute Gasteiger partial charge is 0.223 e. The summed E-state index contributed by atoms with van der Waals surface area (Å²) in [5, 5.41) is 2.08. The summed E-state index contributed by atoms with van der Waals surface area (Å²) in [7, 11) is 0. The number of aromatic amines is 1. The number of hydrogen-bond donors (Lipinski definition) is 1. The lowest BCUT2D eigenvalue weighted by molar-refractivity contribution is -0.144. The van der Waals surface area contributed by atoms with Gasteiger partial charge in [0.25, 0.3) is 0 Å². The number of nitrogens with zero attached hydrogens (tertiary/aromatic N) is 3. The second-order valence-corrected chi connectivity index (χ2v) is 8.76. The van der Waals surface area contributed by atoms with Crippen molar-refractivity contribution in [3.05, 3.63) is 40.1 Å². The Morgan fingerprint density at radius 3 is 2.79 bits per heavy atom. The number of H-pyrrole nitrogens is 1. The number of imidazole rings is 1. The Bertz CT molecular complexity index is 821. The van der Waals surface area contributed by atoms with Gasteiger partial charge in [0.1, 0.15) is 0 Å². The molecule has 1 fully saturated rings. The van der Waals surface area contributed by atoms with E-state index >= 15 is 0 Å². The molecule has 0 aliphatic carbocycles. The van der Waals surface area contributed by atoms with E-state index in [-0.39, 0.29) is 17.4 Å². The highest BCUT2D eigenvalue weighted by Gasteiger charge is 2.48. The molecule has 0 aromatic carbocycles. The number of rotatable bonds is 5. The maximum absolute atomic E-state index is 12.7. The molecule has 7 heteroatoms. The van der Waals surface area contributed by atoms with E-state index in [1.807, 2.05) is 16.7 Å². The third-order valence-corrected chi connectivity index (χ3v) is 7.14. The summed E-state index contributed by atoms with van der Waals surface area (Å²) >= 11 is 1.75. The van der Waals surface area contributed by atoms with Crippen molar-refractivity contribution in [1.82, 2.24) is 19.8 Å². The Labute approximate surface area is 169 Å². The number of carbonyl (C=O) groups excluding carboxylic acids is 2. The fraction of sp³-hybridized carbons (Fsp3) is 0.571. The van der Waals surface area contributed by atoms with Crippen LogP contribution < -0.4 is 0 Å². The summed E-state index contributed by atoms with van der Waals surface area (Å²) in [5.41, 5.74) is 1.82. The van der Waals surface area contributed by atoms with E-state index in [2.05, 4.69) is 27.5 Å². The van der Waals surface area contributed by atoms with Gasteiger partial charge in [-0.3, -0.25) is 9.59 Å². The van der Waals surface area contributed by atoms with Gasteiger partial charge >= 0.3 is 0 Å². The number of fused-ring (bicyclic) bond motifs is 2. The standard InChI is InChI=1S/C21H28N4O2S/c1-2-18(26)25-11-8-17-20(23-15-22-17)21(25)9-12-24(13-10-21)19(27)7-3-5-16-6-4-14-28-16/h4,6,14-15H,2-3,5,7-13H2,1H3,(H,22,23). The quantitative estimate of drug-likeness (QED) is 0.838. The average Bonchev–Trinajstić information content (AvgIpc) is 3.40. The van der Waals surface area contributed by atoms with Crippen molar-refractivity contribution in [2.45, 2.75) is 57.4 Å². The monoisotopic (exact) mass is 400 g/mol. The number of carbonyl (C=O) groups is 2. The first-order valence-corrected chi connectivity index (χ1v) is 11.2. The molecule has 2 aromatic rings. The topological polar surface area (TPSA) is 69.3 Å². The van der Waals surface area contributed by atoms with Crippen LogP contribution in [0.5, 0.6) is 0 Å². The summed E-state index contributed by atoms with van der Waals surface area (Å²) < 4.78 is 0. The van der Waals surface area contributed by atoms with Crippen molar-refractivity contribution in [2.24, 2.45) is 0 Å². The number of likely N-dealkylation sites (tertiary alicyclic amines) is 1. The van der Waals surface area contributed by atoms with Crippen LogP contribution in [0.1, 0.15) is 55.3 Å². The molecule has 1 spiro atoms. The van der Waals surface area contributed by atoms with Crippen molar-refractivity contribution < 1.29 is 9.59 Å². The van der Waals surface area contributed by atoms with Gasteiger partial charge in [-0.05, 0) is 37.1 Å². The van der Waals surface area contributed by atoms with Gasteiger partial charge in [-0.2, -0.15) is 0 Å². The van der Waals surface area contributed by atoms with E-state index in [9.17, 15) is 9.59 Å². The molecular weight excluding hydrogens is 372 g/mol. The Balaban J connectivity index is 1.41. The van der Waals surface area contributed by atoms with E-state index < -0.39 is 0 Å². The Morgan fingerprint density at radius 1 is 1.25 bits per heavy atom. The number of nitrogens with one attached hydrogen (secondary N) is 1. The third kappa shape index (κ3) is 3.48. The van der Waals surface area contributed by atoms with Gasteiger partial charge in [-0.25, -0.2) is 4.98 Å². The van der Waals surface area contributed by atoms with Crippen LogP contribution in [0.25, 0.3) is 0 Å². The molecular formula is C21H28N4O2S. The molecule has 1 saturated heterocycles. The van der Waals surface area contributed by atoms with Crippen molar-refractivity contribution in [3.8, 4) is 0 Å². The average molecular weight is 401 g/mol. The van der Waals surface area contributed by atoms with Crippen molar-refractivity contribution in [2.75, 3.05) is 19.6 Å². The van der Waals surface area contributed by atoms with E-state index in [4.69, 9.17) is 0 Å². The summed E-state index contributed by atoms with van der Waals surface area (Å²) in [6.07, 6.45) is 7.08. The Kier molecular flexibility index (Phi) is 5.53. The lowest BCUT2D eigenvalue weighted by atomic mass is 9.78. The highest BCUT2D eigenvalue weighted by Crippen LogP contribution is 2.42. The molecule has 2 aliphatic rings. The van der Waals surface area contributed by atoms with E-state index in [1.165, 1.54) is 4.88 Å². The molecule has 1 N–H and O–H groups in total. The second-order valence-electron chi connectivity index (χ2n) is 7.72. The maximum atomic E-state index is 12.7. The first-order chi connectivity index (χ1) is 13.6. The fourth-order valence-corrected chi connectivity index (χ4v) is 5.44. The highest BCUT2D eigenvalue weighted by molar-refractivity contribution is 7.09. The highest BCUT2D eigenvalue weighted by atomic mass is 32.1. The molecule has 150 valence electrons. The predicted octanol–water partition coefficient (Wildman–Crippen LogP) is 3.11. The fourth-order valence-electron chi connectivity index (χ4n) is 4.69. The van der Waals surface area contributed by atoms with Gasteiger partial charge in [-0.1, -0.05) is 13.0 Å².